The van der Waals surface area contributed by atoms with Crippen LogP contribution in [0, 0.1) is 5.92 Å². The quantitative estimate of drug-likeness (QED) is 0.216. The van der Waals surface area contributed by atoms with E-state index >= 15 is 0 Å². The zero-order chi connectivity index (χ0) is 38.7. The van der Waals surface area contributed by atoms with Crippen molar-refractivity contribution in [1.29, 1.82) is 0 Å². The van der Waals surface area contributed by atoms with Gasteiger partial charge in [0.2, 0.25) is 17.6 Å². The molecule has 1 aromatic carbocycles. The van der Waals surface area contributed by atoms with Gasteiger partial charge in [-0.1, -0.05) is 37.3 Å². The maximum absolute atomic E-state index is 14.8. The molecule has 0 bridgehead atoms. The molecular formula is C36H51N7O8S2. The molecule has 0 radical (unpaired) electrons. The molecule has 15 nitrogen and oxygen atoms in total. The minimum atomic E-state index is -3.57. The molecule has 1 aliphatic carbocycles. The number of thioether (sulfide) groups is 1. The van der Waals surface area contributed by atoms with E-state index in [0.717, 1.165) is 32.1 Å². The van der Waals surface area contributed by atoms with Gasteiger partial charge in [-0.3, -0.25) is 24.0 Å². The molecule has 0 unspecified atom stereocenters. The summed E-state index contributed by atoms with van der Waals surface area (Å²) in [5, 5.41) is 24.2. The summed E-state index contributed by atoms with van der Waals surface area (Å²) in [6.45, 7) is 6.28. The number of hydrogen-bond donors (Lipinski definition) is 4. The first-order chi connectivity index (χ1) is 24.9. The van der Waals surface area contributed by atoms with Crippen LogP contribution in [0.4, 0.5) is 0 Å². The second-order valence-electron chi connectivity index (χ2n) is 15.3. The molecule has 2 saturated heterocycles. The molecule has 4 amide bonds. The van der Waals surface area contributed by atoms with Crippen LogP contribution >= 0.6 is 11.8 Å². The lowest BCUT2D eigenvalue weighted by molar-refractivity contribution is -0.145. The molecule has 2 aromatic rings. The normalized spacial score (nSPS) is 21.6. The number of primary amides is 1. The summed E-state index contributed by atoms with van der Waals surface area (Å²) in [4.78, 5) is 69.6. The molecule has 3 heterocycles. The number of likely N-dealkylation sites (tertiary alicyclic amines) is 1. The predicted molar refractivity (Wildman–Crippen MR) is 197 cm³/mol. The Bertz CT molecular complexity index is 1790. The van der Waals surface area contributed by atoms with Crippen LogP contribution in [0.5, 0.6) is 0 Å². The highest BCUT2D eigenvalue weighted by Gasteiger charge is 2.49. The number of sulfone groups is 1. The van der Waals surface area contributed by atoms with Crippen molar-refractivity contribution in [2.45, 2.75) is 125 Å². The average Bonchev–Trinajstić information content (AvgIpc) is 3.80. The van der Waals surface area contributed by atoms with Gasteiger partial charge in [-0.15, -0.1) is 5.10 Å². The molecule has 3 fully saturated rings. The summed E-state index contributed by atoms with van der Waals surface area (Å²) in [6, 6.07) is 2.79. The number of aliphatic hydroxyl groups is 1. The SMILES string of the molecule is CC(C)S(=O)(=O)c1ccc(C(=O)N[C@H](CC2CCCCC2)C(=O)N2C[C@@H](n3nncc3C(C)(C)O)C[C@H]2C(=O)NC2(C(=O)C(N)=O)CCSCC2)cc1. The van der Waals surface area contributed by atoms with Crippen LogP contribution < -0.4 is 16.4 Å². The Balaban J connectivity index is 1.48. The van der Waals surface area contributed by atoms with Gasteiger partial charge in [-0.2, -0.15) is 11.8 Å². The van der Waals surface area contributed by atoms with Gasteiger partial charge in [0.15, 0.2) is 9.84 Å². The van der Waals surface area contributed by atoms with E-state index in [1.54, 1.807) is 39.5 Å². The number of ketones is 1. The molecule has 5 N–H and O–H groups in total. The number of carbonyl (C=O) groups excluding carboxylic acids is 5. The van der Waals surface area contributed by atoms with Gasteiger partial charge in [0, 0.05) is 18.5 Å². The fourth-order valence-electron chi connectivity index (χ4n) is 7.61. The Hall–Kier alpha value is -3.83. The zero-order valence-corrected chi connectivity index (χ0v) is 32.4. The average molecular weight is 774 g/mol. The fourth-order valence-corrected chi connectivity index (χ4v) is 9.86. The number of nitrogens with one attached hydrogen (secondary N) is 2. The highest BCUT2D eigenvalue weighted by atomic mass is 32.2. The summed E-state index contributed by atoms with van der Waals surface area (Å²) in [5.41, 5.74) is 3.12. The molecule has 3 aliphatic rings. The van der Waals surface area contributed by atoms with Gasteiger partial charge in [-0.25, -0.2) is 13.1 Å². The van der Waals surface area contributed by atoms with E-state index in [1.165, 1.54) is 40.0 Å². The number of nitrogens with two attached hydrogens (primary N) is 1. The molecule has 0 spiro atoms. The van der Waals surface area contributed by atoms with Crippen LogP contribution in [-0.4, -0.2) is 104 Å². The number of aromatic nitrogens is 3. The van der Waals surface area contributed by atoms with E-state index in [4.69, 9.17) is 5.73 Å². The summed E-state index contributed by atoms with van der Waals surface area (Å²) in [7, 11) is -3.57. The first kappa shape index (κ1) is 40.4. The minimum Gasteiger partial charge on any atom is -0.384 e. The Morgan fingerprint density at radius 1 is 1.06 bits per heavy atom. The molecule has 1 saturated carbocycles. The topological polar surface area (TPSA) is 224 Å². The van der Waals surface area contributed by atoms with Gasteiger partial charge in [0.05, 0.1) is 28.1 Å². The Morgan fingerprint density at radius 2 is 1.70 bits per heavy atom. The van der Waals surface area contributed by atoms with E-state index in [9.17, 15) is 37.5 Å². The largest absolute Gasteiger partial charge is 0.384 e. The van der Waals surface area contributed by atoms with E-state index in [0.29, 0.717) is 23.6 Å². The smallest absolute Gasteiger partial charge is 0.287 e. The molecule has 1 aromatic heterocycles. The zero-order valence-electron chi connectivity index (χ0n) is 30.7. The molecule has 5 rings (SSSR count). The number of carbonyl (C=O) groups is 5. The van der Waals surface area contributed by atoms with Crippen molar-refractivity contribution in [1.82, 2.24) is 30.5 Å². The van der Waals surface area contributed by atoms with Gasteiger partial charge in [0.1, 0.15) is 23.2 Å². The van der Waals surface area contributed by atoms with Gasteiger partial charge in [0.25, 0.3) is 11.8 Å². The monoisotopic (exact) mass is 773 g/mol. The number of nitrogens with zero attached hydrogens (tertiary/aromatic N) is 4. The van der Waals surface area contributed by atoms with Gasteiger partial charge in [-0.05, 0) is 88.6 Å². The number of benzene rings is 1. The van der Waals surface area contributed by atoms with Crippen molar-refractivity contribution < 1.29 is 37.5 Å². The highest BCUT2D eigenvalue weighted by molar-refractivity contribution is 7.99. The first-order valence-electron chi connectivity index (χ1n) is 18.3. The fraction of sp³-hybridized carbons (Fsp3) is 0.639. The third-order valence-corrected chi connectivity index (χ3v) is 13.9. The van der Waals surface area contributed by atoms with Crippen LogP contribution in [0.15, 0.2) is 35.4 Å². The van der Waals surface area contributed by atoms with Crippen molar-refractivity contribution in [3.8, 4) is 0 Å². The minimum absolute atomic E-state index is 0.0191. The van der Waals surface area contributed by atoms with E-state index < -0.39 is 73.8 Å². The maximum Gasteiger partial charge on any atom is 0.287 e. The van der Waals surface area contributed by atoms with Crippen molar-refractivity contribution in [3.63, 3.8) is 0 Å². The predicted octanol–water partition coefficient (Wildman–Crippen LogP) is 2.04. The third-order valence-electron chi connectivity index (χ3n) is 10.7. The van der Waals surface area contributed by atoms with Crippen molar-refractivity contribution in [3.05, 3.63) is 41.7 Å². The molecule has 290 valence electrons. The Morgan fingerprint density at radius 3 is 2.28 bits per heavy atom. The van der Waals surface area contributed by atoms with Crippen LogP contribution in [0.2, 0.25) is 0 Å². The Labute approximate surface area is 314 Å². The van der Waals surface area contributed by atoms with Crippen LogP contribution in [0.1, 0.15) is 108 Å². The lowest BCUT2D eigenvalue weighted by atomic mass is 9.84. The molecular weight excluding hydrogens is 723 g/mol. The summed E-state index contributed by atoms with van der Waals surface area (Å²) >= 11 is 1.59. The lowest BCUT2D eigenvalue weighted by Gasteiger charge is -2.37. The number of amides is 4. The maximum atomic E-state index is 14.8. The van der Waals surface area contributed by atoms with Crippen LogP contribution in [-0.2, 0) is 34.6 Å². The number of hydrogen-bond acceptors (Lipinski definition) is 11. The second kappa shape index (κ2) is 16.3. The van der Waals surface area contributed by atoms with Crippen molar-refractivity contribution in [2.75, 3.05) is 18.1 Å². The molecule has 53 heavy (non-hydrogen) atoms. The van der Waals surface area contributed by atoms with Crippen LogP contribution in [0.25, 0.3) is 0 Å². The highest BCUT2D eigenvalue weighted by Crippen LogP contribution is 2.35. The van der Waals surface area contributed by atoms with E-state index in [-0.39, 0.29) is 42.2 Å². The number of rotatable bonds is 13. The molecule has 3 atom stereocenters. The van der Waals surface area contributed by atoms with Gasteiger partial charge >= 0.3 is 0 Å². The van der Waals surface area contributed by atoms with Gasteiger partial charge < -0.3 is 26.4 Å². The second-order valence-corrected chi connectivity index (χ2v) is 19.0. The summed E-state index contributed by atoms with van der Waals surface area (Å²) in [6.07, 6.45) is 6.98. The standard InChI is InChI=1S/C36H51N7O8S2/c1-22(2)53(50,51)26-12-10-24(11-13-26)32(46)39-27(18-23-8-6-5-7-9-23)34(48)42-21-25(43-29(20-38-41-43)35(3,4)49)19-28(42)33(47)40-36(30(44)31(37)45)14-16-52-17-15-36/h10-13,20,22-23,25,27-28,49H,5-9,14-19,21H2,1-4H3,(H2,37,45)(H,39,46)(H,40,47)/t25-,27+,28-/m0/s1. The van der Waals surface area contributed by atoms with Crippen molar-refractivity contribution >= 4 is 51.0 Å². The molecule has 2 aliphatic heterocycles. The van der Waals surface area contributed by atoms with E-state index in [1.807, 2.05) is 0 Å². The number of Topliss-reactive ketones (excluding diaryl/α,β-unsaturated/α-hetero) is 1. The summed E-state index contributed by atoms with van der Waals surface area (Å²) < 4.78 is 26.9. The first-order valence-corrected chi connectivity index (χ1v) is 21.0. The lowest BCUT2D eigenvalue weighted by Crippen LogP contribution is -2.63. The Kier molecular flexibility index (Phi) is 12.4. The molecule has 17 heteroatoms. The summed E-state index contributed by atoms with van der Waals surface area (Å²) in [5.74, 6) is -2.61. The third kappa shape index (κ3) is 8.94. The van der Waals surface area contributed by atoms with Crippen LogP contribution in [0.3, 0.4) is 0 Å². The van der Waals surface area contributed by atoms with E-state index in [2.05, 4.69) is 20.9 Å². The van der Waals surface area contributed by atoms with Crippen molar-refractivity contribution in [2.24, 2.45) is 11.7 Å².